The zero-order valence-corrected chi connectivity index (χ0v) is 9.91. The van der Waals surface area contributed by atoms with Crippen molar-refractivity contribution in [3.8, 4) is 0 Å². The lowest BCUT2D eigenvalue weighted by atomic mass is 10.1. The second-order valence-electron chi connectivity index (χ2n) is 4.31. The summed E-state index contributed by atoms with van der Waals surface area (Å²) in [6.07, 6.45) is 0.996. The molecule has 18 heavy (non-hydrogen) atoms. The quantitative estimate of drug-likeness (QED) is 0.816. The SMILES string of the molecule is O=CC1CNc2ccccc2N1c1ccccc1. The number of para-hydroxylation sites is 3. The first-order valence-corrected chi connectivity index (χ1v) is 6.02. The van der Waals surface area contributed by atoms with Crippen LogP contribution in [0.3, 0.4) is 0 Å². The summed E-state index contributed by atoms with van der Waals surface area (Å²) < 4.78 is 0. The Kier molecular flexibility index (Phi) is 2.73. The predicted octanol–water partition coefficient (Wildman–Crippen LogP) is 2.82. The van der Waals surface area contributed by atoms with Gasteiger partial charge >= 0.3 is 0 Å². The van der Waals surface area contributed by atoms with Crippen molar-refractivity contribution in [2.24, 2.45) is 0 Å². The van der Waals surface area contributed by atoms with Crippen LogP contribution in [0.1, 0.15) is 0 Å². The summed E-state index contributed by atoms with van der Waals surface area (Å²) in [5.41, 5.74) is 3.16. The van der Waals surface area contributed by atoms with E-state index in [9.17, 15) is 4.79 Å². The van der Waals surface area contributed by atoms with Gasteiger partial charge in [0, 0.05) is 12.2 Å². The van der Waals surface area contributed by atoms with Crippen LogP contribution >= 0.6 is 0 Å². The van der Waals surface area contributed by atoms with E-state index < -0.39 is 0 Å². The number of rotatable bonds is 2. The molecule has 0 saturated carbocycles. The Morgan fingerprint density at radius 1 is 1.06 bits per heavy atom. The van der Waals surface area contributed by atoms with Gasteiger partial charge in [0.15, 0.2) is 0 Å². The van der Waals surface area contributed by atoms with Gasteiger partial charge in [-0.1, -0.05) is 30.3 Å². The molecule has 0 radical (unpaired) electrons. The molecule has 90 valence electrons. The Bertz CT molecular complexity index is 553. The van der Waals surface area contributed by atoms with Gasteiger partial charge in [0.2, 0.25) is 0 Å². The number of benzene rings is 2. The van der Waals surface area contributed by atoms with Crippen molar-refractivity contribution in [1.29, 1.82) is 0 Å². The fourth-order valence-corrected chi connectivity index (χ4v) is 2.35. The molecule has 0 spiro atoms. The van der Waals surface area contributed by atoms with Gasteiger partial charge in [-0.2, -0.15) is 0 Å². The summed E-state index contributed by atoms with van der Waals surface area (Å²) in [5.74, 6) is 0. The Morgan fingerprint density at radius 3 is 2.56 bits per heavy atom. The Balaban J connectivity index is 2.12. The van der Waals surface area contributed by atoms with E-state index in [-0.39, 0.29) is 6.04 Å². The molecule has 1 aliphatic heterocycles. The van der Waals surface area contributed by atoms with Crippen LogP contribution in [0.4, 0.5) is 17.1 Å². The molecule has 3 rings (SSSR count). The highest BCUT2D eigenvalue weighted by atomic mass is 16.1. The van der Waals surface area contributed by atoms with E-state index in [1.807, 2.05) is 54.6 Å². The molecule has 3 heteroatoms. The smallest absolute Gasteiger partial charge is 0.144 e. The zero-order valence-electron chi connectivity index (χ0n) is 9.91. The molecular weight excluding hydrogens is 224 g/mol. The van der Waals surface area contributed by atoms with E-state index in [1.165, 1.54) is 0 Å². The summed E-state index contributed by atoms with van der Waals surface area (Å²) in [7, 11) is 0. The highest BCUT2D eigenvalue weighted by Crippen LogP contribution is 2.36. The zero-order chi connectivity index (χ0) is 12.4. The van der Waals surface area contributed by atoms with Crippen LogP contribution in [0.15, 0.2) is 54.6 Å². The maximum atomic E-state index is 11.3. The average molecular weight is 238 g/mol. The number of fused-ring (bicyclic) bond motifs is 1. The number of carbonyl (C=O) groups is 1. The van der Waals surface area contributed by atoms with E-state index in [4.69, 9.17) is 0 Å². The molecule has 1 heterocycles. The Morgan fingerprint density at radius 2 is 1.78 bits per heavy atom. The molecule has 0 bridgehead atoms. The predicted molar refractivity (Wildman–Crippen MR) is 73.4 cm³/mol. The molecule has 1 unspecified atom stereocenters. The van der Waals surface area contributed by atoms with E-state index in [1.54, 1.807) is 0 Å². The maximum absolute atomic E-state index is 11.3. The molecule has 3 nitrogen and oxygen atoms in total. The van der Waals surface area contributed by atoms with Gasteiger partial charge in [-0.25, -0.2) is 0 Å². The molecule has 0 saturated heterocycles. The lowest BCUT2D eigenvalue weighted by Crippen LogP contribution is -2.42. The third-order valence-corrected chi connectivity index (χ3v) is 3.19. The van der Waals surface area contributed by atoms with Crippen molar-refractivity contribution in [3.63, 3.8) is 0 Å². The lowest BCUT2D eigenvalue weighted by Gasteiger charge is -2.36. The van der Waals surface area contributed by atoms with Crippen molar-refractivity contribution < 1.29 is 4.79 Å². The summed E-state index contributed by atoms with van der Waals surface area (Å²) in [4.78, 5) is 13.4. The monoisotopic (exact) mass is 238 g/mol. The van der Waals surface area contributed by atoms with Gasteiger partial charge in [-0.3, -0.25) is 0 Å². The second kappa shape index (κ2) is 4.53. The van der Waals surface area contributed by atoms with Crippen molar-refractivity contribution >= 4 is 23.3 Å². The van der Waals surface area contributed by atoms with Crippen molar-refractivity contribution in [1.82, 2.24) is 0 Å². The van der Waals surface area contributed by atoms with Gasteiger partial charge < -0.3 is 15.0 Å². The molecule has 1 atom stereocenters. The third-order valence-electron chi connectivity index (χ3n) is 3.19. The molecular formula is C15H14N2O. The summed E-state index contributed by atoms with van der Waals surface area (Å²) >= 11 is 0. The van der Waals surface area contributed by atoms with Crippen LogP contribution in [-0.4, -0.2) is 18.9 Å². The van der Waals surface area contributed by atoms with Crippen molar-refractivity contribution in [2.45, 2.75) is 6.04 Å². The van der Waals surface area contributed by atoms with Crippen LogP contribution in [0, 0.1) is 0 Å². The number of anilines is 3. The van der Waals surface area contributed by atoms with Gasteiger partial charge in [0.25, 0.3) is 0 Å². The van der Waals surface area contributed by atoms with Crippen LogP contribution in [0.25, 0.3) is 0 Å². The van der Waals surface area contributed by atoms with Crippen LogP contribution in [0.2, 0.25) is 0 Å². The van der Waals surface area contributed by atoms with E-state index >= 15 is 0 Å². The van der Waals surface area contributed by atoms with Gasteiger partial charge in [-0.15, -0.1) is 0 Å². The minimum atomic E-state index is -0.165. The Labute approximate surface area is 106 Å². The van der Waals surface area contributed by atoms with E-state index in [0.29, 0.717) is 6.54 Å². The topological polar surface area (TPSA) is 32.3 Å². The second-order valence-corrected chi connectivity index (χ2v) is 4.31. The van der Waals surface area contributed by atoms with Gasteiger partial charge in [-0.05, 0) is 24.3 Å². The van der Waals surface area contributed by atoms with E-state index in [2.05, 4.69) is 10.2 Å². The third kappa shape index (κ3) is 1.74. The molecule has 0 aliphatic carbocycles. The summed E-state index contributed by atoms with van der Waals surface area (Å²) in [6.45, 7) is 0.634. The Hall–Kier alpha value is -2.29. The number of aldehydes is 1. The molecule has 0 amide bonds. The molecule has 0 fully saturated rings. The number of carbonyl (C=O) groups excluding carboxylic acids is 1. The van der Waals surface area contributed by atoms with Gasteiger partial charge in [0.05, 0.1) is 11.4 Å². The number of nitrogens with zero attached hydrogens (tertiary/aromatic N) is 1. The highest BCUT2D eigenvalue weighted by molar-refractivity contribution is 5.85. The van der Waals surface area contributed by atoms with Gasteiger partial charge in [0.1, 0.15) is 12.3 Å². The number of hydrogen-bond acceptors (Lipinski definition) is 3. The highest BCUT2D eigenvalue weighted by Gasteiger charge is 2.26. The first-order valence-electron chi connectivity index (χ1n) is 6.02. The van der Waals surface area contributed by atoms with E-state index in [0.717, 1.165) is 23.3 Å². The minimum Gasteiger partial charge on any atom is -0.381 e. The van der Waals surface area contributed by atoms with Crippen LogP contribution < -0.4 is 10.2 Å². The molecule has 1 aliphatic rings. The summed E-state index contributed by atoms with van der Waals surface area (Å²) in [5, 5.41) is 3.29. The lowest BCUT2D eigenvalue weighted by molar-refractivity contribution is -0.108. The minimum absolute atomic E-state index is 0.165. The molecule has 0 aromatic heterocycles. The molecule has 1 N–H and O–H groups in total. The molecule has 2 aromatic carbocycles. The maximum Gasteiger partial charge on any atom is 0.144 e. The largest absolute Gasteiger partial charge is 0.381 e. The number of nitrogens with one attached hydrogen (secondary N) is 1. The van der Waals surface area contributed by atoms with Crippen molar-refractivity contribution in [2.75, 3.05) is 16.8 Å². The van der Waals surface area contributed by atoms with Crippen LogP contribution in [-0.2, 0) is 4.79 Å². The van der Waals surface area contributed by atoms with Crippen molar-refractivity contribution in [3.05, 3.63) is 54.6 Å². The first-order chi connectivity index (χ1) is 8.90. The number of hydrogen-bond donors (Lipinski definition) is 1. The fourth-order valence-electron chi connectivity index (χ4n) is 2.35. The summed E-state index contributed by atoms with van der Waals surface area (Å²) in [6, 6.07) is 17.9. The standard InChI is InChI=1S/C15H14N2O/c18-11-13-10-16-14-8-4-5-9-15(14)17(13)12-6-2-1-3-7-12/h1-9,11,13,16H,10H2. The first kappa shape index (κ1) is 10.8. The fraction of sp³-hybridized carbons (Fsp3) is 0.133. The normalized spacial score (nSPS) is 17.8. The van der Waals surface area contributed by atoms with Crippen LogP contribution in [0.5, 0.6) is 0 Å². The average Bonchev–Trinajstić information content (AvgIpc) is 2.47. The molecule has 2 aromatic rings.